The maximum absolute atomic E-state index is 12.0. The van der Waals surface area contributed by atoms with E-state index in [9.17, 15) is 4.79 Å². The number of methoxy groups -OCH3 is 1. The largest absolute Gasteiger partial charge is 0.497 e. The minimum atomic E-state index is -0.121. The van der Waals surface area contributed by atoms with Gasteiger partial charge in [0.1, 0.15) is 5.75 Å². The fourth-order valence-electron chi connectivity index (χ4n) is 1.81. The van der Waals surface area contributed by atoms with E-state index in [0.29, 0.717) is 12.1 Å². The predicted molar refractivity (Wildman–Crippen MR) is 80.8 cm³/mol. The van der Waals surface area contributed by atoms with Gasteiger partial charge in [0.15, 0.2) is 0 Å². The molecule has 0 fully saturated rings. The fourth-order valence-corrected chi connectivity index (χ4v) is 1.81. The molecule has 0 saturated heterocycles. The molecule has 20 heavy (non-hydrogen) atoms. The molecule has 0 saturated carbocycles. The lowest BCUT2D eigenvalue weighted by molar-refractivity contribution is 0.0958. The number of rotatable bonds is 5. The van der Waals surface area contributed by atoms with Gasteiger partial charge in [0.25, 0.3) is 5.91 Å². The van der Waals surface area contributed by atoms with Crippen LogP contribution in [0, 0.1) is 0 Å². The molecule has 2 aromatic rings. The normalized spacial score (nSPS) is 9.85. The molecule has 0 spiro atoms. The molecular formula is C17H17NO2. The molecule has 0 atom stereocenters. The maximum atomic E-state index is 12.0. The maximum Gasteiger partial charge on any atom is 0.251 e. The summed E-state index contributed by atoms with van der Waals surface area (Å²) in [6.45, 7) is 4.41. The van der Waals surface area contributed by atoms with Crippen molar-refractivity contribution in [3.8, 4) is 5.75 Å². The second kappa shape index (κ2) is 6.57. The van der Waals surface area contributed by atoms with Gasteiger partial charge in [-0.05, 0) is 35.4 Å². The molecule has 0 heterocycles. The van der Waals surface area contributed by atoms with Crippen LogP contribution in [-0.4, -0.2) is 19.6 Å². The van der Waals surface area contributed by atoms with E-state index >= 15 is 0 Å². The van der Waals surface area contributed by atoms with Crippen LogP contribution in [0.5, 0.6) is 5.75 Å². The third-order valence-corrected chi connectivity index (χ3v) is 3.00. The molecule has 102 valence electrons. The van der Waals surface area contributed by atoms with Crippen LogP contribution in [0.15, 0.2) is 61.2 Å². The predicted octanol–water partition coefficient (Wildman–Crippen LogP) is 3.14. The van der Waals surface area contributed by atoms with Crippen LogP contribution >= 0.6 is 0 Å². The molecule has 2 rings (SSSR count). The zero-order valence-corrected chi connectivity index (χ0v) is 11.4. The van der Waals surface area contributed by atoms with Crippen LogP contribution in [0.3, 0.4) is 0 Å². The standard InChI is InChI=1S/C17H17NO2/c1-13(14-6-4-3-5-7-14)12-18-17(19)15-8-10-16(20-2)11-9-15/h3-11H,1,12H2,2H3,(H,18,19). The minimum absolute atomic E-state index is 0.121. The smallest absolute Gasteiger partial charge is 0.251 e. The Morgan fingerprint density at radius 3 is 2.30 bits per heavy atom. The first kappa shape index (κ1) is 13.9. The number of carbonyl (C=O) groups excluding carboxylic acids is 1. The Balaban J connectivity index is 1.93. The zero-order chi connectivity index (χ0) is 14.4. The summed E-state index contributed by atoms with van der Waals surface area (Å²) in [4.78, 5) is 12.0. The van der Waals surface area contributed by atoms with Gasteiger partial charge in [-0.2, -0.15) is 0 Å². The Labute approximate surface area is 118 Å². The van der Waals surface area contributed by atoms with E-state index in [0.717, 1.165) is 16.9 Å². The van der Waals surface area contributed by atoms with E-state index in [2.05, 4.69) is 11.9 Å². The highest BCUT2D eigenvalue weighted by Crippen LogP contribution is 2.12. The Morgan fingerprint density at radius 2 is 1.70 bits per heavy atom. The van der Waals surface area contributed by atoms with Crippen molar-refractivity contribution in [1.82, 2.24) is 5.32 Å². The van der Waals surface area contributed by atoms with Gasteiger partial charge in [0.2, 0.25) is 0 Å². The van der Waals surface area contributed by atoms with Crippen LogP contribution in [0.1, 0.15) is 15.9 Å². The monoisotopic (exact) mass is 267 g/mol. The molecule has 0 aromatic heterocycles. The lowest BCUT2D eigenvalue weighted by Crippen LogP contribution is -2.24. The van der Waals surface area contributed by atoms with Crippen molar-refractivity contribution in [1.29, 1.82) is 0 Å². The summed E-state index contributed by atoms with van der Waals surface area (Å²) in [6.07, 6.45) is 0. The quantitative estimate of drug-likeness (QED) is 0.903. The van der Waals surface area contributed by atoms with Gasteiger partial charge in [-0.1, -0.05) is 36.9 Å². The van der Waals surface area contributed by atoms with E-state index in [1.165, 1.54) is 0 Å². The van der Waals surface area contributed by atoms with Crippen LogP contribution in [0.25, 0.3) is 5.57 Å². The molecule has 2 aromatic carbocycles. The molecule has 1 N–H and O–H groups in total. The molecule has 0 aliphatic carbocycles. The van der Waals surface area contributed by atoms with Gasteiger partial charge in [-0.3, -0.25) is 4.79 Å². The SMILES string of the molecule is C=C(CNC(=O)c1ccc(OC)cc1)c1ccccc1. The van der Waals surface area contributed by atoms with Crippen molar-refractivity contribution in [3.63, 3.8) is 0 Å². The number of amides is 1. The topological polar surface area (TPSA) is 38.3 Å². The Morgan fingerprint density at radius 1 is 1.05 bits per heavy atom. The van der Waals surface area contributed by atoms with Crippen molar-refractivity contribution in [2.24, 2.45) is 0 Å². The van der Waals surface area contributed by atoms with Crippen LogP contribution in [-0.2, 0) is 0 Å². The lowest BCUT2D eigenvalue weighted by Gasteiger charge is -2.08. The molecule has 0 aliphatic heterocycles. The van der Waals surface area contributed by atoms with Crippen LogP contribution in [0.4, 0.5) is 0 Å². The molecule has 0 aliphatic rings. The van der Waals surface area contributed by atoms with E-state index in [1.54, 1.807) is 31.4 Å². The number of hydrogen-bond donors (Lipinski definition) is 1. The minimum Gasteiger partial charge on any atom is -0.497 e. The van der Waals surface area contributed by atoms with E-state index in [1.807, 2.05) is 30.3 Å². The first-order chi connectivity index (χ1) is 9.70. The summed E-state index contributed by atoms with van der Waals surface area (Å²) in [6, 6.07) is 16.8. The number of hydrogen-bond acceptors (Lipinski definition) is 2. The Hall–Kier alpha value is -2.55. The summed E-state index contributed by atoms with van der Waals surface area (Å²) in [5.41, 5.74) is 2.52. The first-order valence-electron chi connectivity index (χ1n) is 6.36. The van der Waals surface area contributed by atoms with E-state index in [-0.39, 0.29) is 5.91 Å². The summed E-state index contributed by atoms with van der Waals surface area (Å²) >= 11 is 0. The fraction of sp³-hybridized carbons (Fsp3) is 0.118. The summed E-state index contributed by atoms with van der Waals surface area (Å²) < 4.78 is 5.06. The highest BCUT2D eigenvalue weighted by Gasteiger charge is 2.06. The molecule has 3 nitrogen and oxygen atoms in total. The molecule has 0 unspecified atom stereocenters. The number of benzene rings is 2. The van der Waals surface area contributed by atoms with Gasteiger partial charge in [0.05, 0.1) is 7.11 Å². The molecule has 1 amide bonds. The lowest BCUT2D eigenvalue weighted by atomic mass is 10.1. The van der Waals surface area contributed by atoms with E-state index in [4.69, 9.17) is 4.74 Å². The summed E-state index contributed by atoms with van der Waals surface area (Å²) in [5, 5.41) is 2.86. The second-order valence-electron chi connectivity index (χ2n) is 4.38. The third-order valence-electron chi connectivity index (χ3n) is 3.00. The summed E-state index contributed by atoms with van der Waals surface area (Å²) in [5.74, 6) is 0.611. The molecule has 3 heteroatoms. The van der Waals surface area contributed by atoms with Gasteiger partial charge in [0, 0.05) is 12.1 Å². The van der Waals surface area contributed by atoms with E-state index < -0.39 is 0 Å². The van der Waals surface area contributed by atoms with Crippen molar-refractivity contribution in [2.75, 3.05) is 13.7 Å². The van der Waals surface area contributed by atoms with Crippen LogP contribution < -0.4 is 10.1 Å². The molecular weight excluding hydrogens is 250 g/mol. The molecule has 0 radical (unpaired) electrons. The highest BCUT2D eigenvalue weighted by molar-refractivity contribution is 5.95. The average Bonchev–Trinajstić information content (AvgIpc) is 2.53. The second-order valence-corrected chi connectivity index (χ2v) is 4.38. The first-order valence-corrected chi connectivity index (χ1v) is 6.36. The third kappa shape index (κ3) is 3.48. The van der Waals surface area contributed by atoms with Gasteiger partial charge in [-0.25, -0.2) is 0 Å². The van der Waals surface area contributed by atoms with Gasteiger partial charge in [-0.15, -0.1) is 0 Å². The number of nitrogens with one attached hydrogen (secondary N) is 1. The summed E-state index contributed by atoms with van der Waals surface area (Å²) in [7, 11) is 1.60. The number of ether oxygens (including phenoxy) is 1. The van der Waals surface area contributed by atoms with Crippen molar-refractivity contribution in [2.45, 2.75) is 0 Å². The average molecular weight is 267 g/mol. The van der Waals surface area contributed by atoms with Crippen molar-refractivity contribution >= 4 is 11.5 Å². The van der Waals surface area contributed by atoms with Gasteiger partial charge >= 0.3 is 0 Å². The van der Waals surface area contributed by atoms with Crippen molar-refractivity contribution < 1.29 is 9.53 Å². The Kier molecular flexibility index (Phi) is 4.56. The van der Waals surface area contributed by atoms with Crippen molar-refractivity contribution in [3.05, 3.63) is 72.3 Å². The number of carbonyl (C=O) groups is 1. The molecule has 0 bridgehead atoms. The zero-order valence-electron chi connectivity index (χ0n) is 11.4. The van der Waals surface area contributed by atoms with Gasteiger partial charge < -0.3 is 10.1 Å². The Bertz CT molecular complexity index is 588. The highest BCUT2D eigenvalue weighted by atomic mass is 16.5. The van der Waals surface area contributed by atoms with Crippen LogP contribution in [0.2, 0.25) is 0 Å².